The predicted molar refractivity (Wildman–Crippen MR) is 119 cm³/mol. The van der Waals surface area contributed by atoms with Crippen LogP contribution >= 0.6 is 27.5 Å². The van der Waals surface area contributed by atoms with Crippen LogP contribution in [0.4, 0.5) is 5.69 Å². The van der Waals surface area contributed by atoms with E-state index in [1.54, 1.807) is 48.5 Å². The van der Waals surface area contributed by atoms with Crippen LogP contribution in [0.5, 0.6) is 0 Å². The molecule has 0 amide bonds. The lowest BCUT2D eigenvalue weighted by atomic mass is 9.81. The standard InChI is InChI=1S/C22H17BrClN3O4/c1-30-21(28)18-17(12-6-4-3-5-7-12)14(11-25)20(26)27(19(18)22(29)31-2)16-10-13(23)8-9-15(16)24/h3-10,17H,26H2,1-2H3. The lowest BCUT2D eigenvalue weighted by Gasteiger charge is -2.36. The Kier molecular flexibility index (Phi) is 6.68. The maximum Gasteiger partial charge on any atom is 0.355 e. The zero-order valence-electron chi connectivity index (χ0n) is 16.6. The summed E-state index contributed by atoms with van der Waals surface area (Å²) in [5.74, 6) is -2.62. The minimum atomic E-state index is -0.935. The quantitative estimate of drug-likeness (QED) is 0.630. The van der Waals surface area contributed by atoms with E-state index in [2.05, 4.69) is 22.0 Å². The van der Waals surface area contributed by atoms with Crippen LogP contribution in [0.1, 0.15) is 11.5 Å². The molecule has 0 bridgehead atoms. The lowest BCUT2D eigenvalue weighted by molar-refractivity contribution is -0.139. The Bertz CT molecular complexity index is 1160. The molecule has 1 aliphatic heterocycles. The van der Waals surface area contributed by atoms with Crippen LogP contribution in [0.2, 0.25) is 5.02 Å². The van der Waals surface area contributed by atoms with Gasteiger partial charge in [-0.3, -0.25) is 4.90 Å². The number of ether oxygens (including phenoxy) is 2. The highest BCUT2D eigenvalue weighted by molar-refractivity contribution is 9.10. The summed E-state index contributed by atoms with van der Waals surface area (Å²) in [6.45, 7) is 0. The van der Waals surface area contributed by atoms with Crippen LogP contribution < -0.4 is 10.6 Å². The van der Waals surface area contributed by atoms with Crippen LogP contribution in [-0.4, -0.2) is 26.2 Å². The number of carbonyl (C=O) groups excluding carboxylic acids is 2. The van der Waals surface area contributed by atoms with Crippen molar-refractivity contribution in [1.82, 2.24) is 0 Å². The van der Waals surface area contributed by atoms with Gasteiger partial charge in [0.15, 0.2) is 0 Å². The second-order valence-corrected chi connectivity index (χ2v) is 7.75. The van der Waals surface area contributed by atoms with Crippen molar-refractivity contribution < 1.29 is 19.1 Å². The van der Waals surface area contributed by atoms with Gasteiger partial charge in [0.2, 0.25) is 0 Å². The number of methoxy groups -OCH3 is 2. The largest absolute Gasteiger partial charge is 0.466 e. The fourth-order valence-corrected chi connectivity index (χ4v) is 3.97. The maximum atomic E-state index is 12.9. The van der Waals surface area contributed by atoms with E-state index in [9.17, 15) is 14.9 Å². The summed E-state index contributed by atoms with van der Waals surface area (Å²) >= 11 is 9.76. The molecule has 0 aliphatic carbocycles. The zero-order chi connectivity index (χ0) is 22.7. The molecular weight excluding hydrogens is 486 g/mol. The van der Waals surface area contributed by atoms with E-state index in [1.807, 2.05) is 0 Å². The number of nitriles is 1. The first-order valence-electron chi connectivity index (χ1n) is 8.96. The normalized spacial score (nSPS) is 16.1. The van der Waals surface area contributed by atoms with Crippen molar-refractivity contribution >= 4 is 45.2 Å². The van der Waals surface area contributed by atoms with E-state index in [0.29, 0.717) is 10.0 Å². The summed E-state index contributed by atoms with van der Waals surface area (Å²) in [4.78, 5) is 27.2. The first-order chi connectivity index (χ1) is 14.8. The SMILES string of the molecule is COC(=O)C1=C(C(=O)OC)N(c2cc(Br)ccc2Cl)C(N)=C(C#N)C1c1ccccc1. The molecule has 0 aromatic heterocycles. The number of halogens is 2. The van der Waals surface area contributed by atoms with Gasteiger partial charge < -0.3 is 15.2 Å². The molecule has 0 saturated carbocycles. The molecule has 3 rings (SSSR count). The van der Waals surface area contributed by atoms with Gasteiger partial charge in [-0.25, -0.2) is 9.59 Å². The summed E-state index contributed by atoms with van der Waals surface area (Å²) < 4.78 is 10.6. The number of rotatable bonds is 4. The van der Waals surface area contributed by atoms with Gasteiger partial charge in [0, 0.05) is 4.47 Å². The van der Waals surface area contributed by atoms with E-state index >= 15 is 0 Å². The van der Waals surface area contributed by atoms with Crippen molar-refractivity contribution in [2.75, 3.05) is 19.1 Å². The summed E-state index contributed by atoms with van der Waals surface area (Å²) in [5, 5.41) is 10.2. The van der Waals surface area contributed by atoms with E-state index in [0.717, 1.165) is 0 Å². The first-order valence-corrected chi connectivity index (χ1v) is 10.1. The third-order valence-electron chi connectivity index (χ3n) is 4.76. The Labute approximate surface area is 192 Å². The average Bonchev–Trinajstić information content (AvgIpc) is 2.79. The van der Waals surface area contributed by atoms with E-state index in [-0.39, 0.29) is 33.4 Å². The number of nitrogens with zero attached hydrogens (tertiary/aromatic N) is 2. The van der Waals surface area contributed by atoms with Gasteiger partial charge in [-0.05, 0) is 23.8 Å². The fourth-order valence-electron chi connectivity index (χ4n) is 3.42. The second kappa shape index (κ2) is 9.25. The Balaban J connectivity index is 2.45. The minimum Gasteiger partial charge on any atom is -0.466 e. The molecule has 1 unspecified atom stereocenters. The molecule has 1 heterocycles. The van der Waals surface area contributed by atoms with Gasteiger partial charge in [0.1, 0.15) is 11.5 Å². The topological polar surface area (TPSA) is 106 Å². The molecular formula is C22H17BrClN3O4. The van der Waals surface area contributed by atoms with Crippen molar-refractivity contribution in [2.24, 2.45) is 5.73 Å². The molecule has 31 heavy (non-hydrogen) atoms. The maximum absolute atomic E-state index is 12.9. The van der Waals surface area contributed by atoms with Crippen molar-refractivity contribution in [3.8, 4) is 6.07 Å². The highest BCUT2D eigenvalue weighted by Crippen LogP contribution is 2.45. The van der Waals surface area contributed by atoms with E-state index in [4.69, 9.17) is 26.8 Å². The summed E-state index contributed by atoms with van der Waals surface area (Å²) in [7, 11) is 2.37. The van der Waals surface area contributed by atoms with Gasteiger partial charge in [0.25, 0.3) is 0 Å². The van der Waals surface area contributed by atoms with Crippen LogP contribution in [0.3, 0.4) is 0 Å². The summed E-state index contributed by atoms with van der Waals surface area (Å²) in [6.07, 6.45) is 0. The highest BCUT2D eigenvalue weighted by atomic mass is 79.9. The third-order valence-corrected chi connectivity index (χ3v) is 5.57. The zero-order valence-corrected chi connectivity index (χ0v) is 18.9. The first kappa shape index (κ1) is 22.4. The van der Waals surface area contributed by atoms with Gasteiger partial charge >= 0.3 is 11.9 Å². The molecule has 1 atom stereocenters. The Morgan fingerprint density at radius 2 is 1.77 bits per heavy atom. The Hall–Kier alpha value is -3.28. The molecule has 7 nitrogen and oxygen atoms in total. The second-order valence-electron chi connectivity index (χ2n) is 6.43. The van der Waals surface area contributed by atoms with Crippen molar-refractivity contribution in [3.63, 3.8) is 0 Å². The number of carbonyl (C=O) groups is 2. The van der Waals surface area contributed by atoms with Gasteiger partial charge in [-0.15, -0.1) is 0 Å². The molecule has 0 radical (unpaired) electrons. The lowest BCUT2D eigenvalue weighted by Crippen LogP contribution is -2.40. The van der Waals surface area contributed by atoms with E-state index in [1.165, 1.54) is 19.1 Å². The fraction of sp³-hybridized carbons (Fsp3) is 0.136. The molecule has 158 valence electrons. The van der Waals surface area contributed by atoms with E-state index < -0.39 is 17.9 Å². The molecule has 0 fully saturated rings. The smallest absolute Gasteiger partial charge is 0.355 e. The Morgan fingerprint density at radius 1 is 1.13 bits per heavy atom. The van der Waals surface area contributed by atoms with Crippen LogP contribution in [0.15, 0.2) is 75.7 Å². The van der Waals surface area contributed by atoms with Crippen molar-refractivity contribution in [1.29, 1.82) is 5.26 Å². The number of benzene rings is 2. The minimum absolute atomic E-state index is 0.0515. The third kappa shape index (κ3) is 4.02. The summed E-state index contributed by atoms with van der Waals surface area (Å²) in [5.41, 5.74) is 7.09. The number of esters is 2. The number of anilines is 1. The molecule has 0 spiro atoms. The molecule has 2 aromatic carbocycles. The van der Waals surface area contributed by atoms with Crippen LogP contribution in [-0.2, 0) is 19.1 Å². The number of hydrogen-bond acceptors (Lipinski definition) is 7. The number of allylic oxidation sites excluding steroid dienone is 1. The van der Waals surface area contributed by atoms with Crippen LogP contribution in [0.25, 0.3) is 0 Å². The molecule has 9 heteroatoms. The highest BCUT2D eigenvalue weighted by Gasteiger charge is 2.43. The molecule has 2 N–H and O–H groups in total. The van der Waals surface area contributed by atoms with Gasteiger partial charge in [-0.1, -0.05) is 57.9 Å². The molecule has 0 saturated heterocycles. The molecule has 1 aliphatic rings. The average molecular weight is 503 g/mol. The van der Waals surface area contributed by atoms with Crippen molar-refractivity contribution in [2.45, 2.75) is 5.92 Å². The molecule has 2 aromatic rings. The number of hydrogen-bond donors (Lipinski definition) is 1. The van der Waals surface area contributed by atoms with Gasteiger partial charge in [0.05, 0.1) is 48.1 Å². The predicted octanol–water partition coefficient (Wildman–Crippen LogP) is 4.00. The van der Waals surface area contributed by atoms with Crippen molar-refractivity contribution in [3.05, 3.63) is 86.3 Å². The monoisotopic (exact) mass is 501 g/mol. The Morgan fingerprint density at radius 3 is 2.35 bits per heavy atom. The van der Waals surface area contributed by atoms with Crippen LogP contribution in [0, 0.1) is 11.3 Å². The van der Waals surface area contributed by atoms with Gasteiger partial charge in [-0.2, -0.15) is 5.26 Å². The number of nitrogens with two attached hydrogens (primary N) is 1. The summed E-state index contributed by atoms with van der Waals surface area (Å²) in [6, 6.07) is 15.8.